The van der Waals surface area contributed by atoms with Crippen molar-refractivity contribution in [2.75, 3.05) is 25.1 Å². The summed E-state index contributed by atoms with van der Waals surface area (Å²) in [5.74, 6) is 0.357. The molecule has 2 N–H and O–H groups in total. The van der Waals surface area contributed by atoms with Gasteiger partial charge in [-0.05, 0) is 36.8 Å². The summed E-state index contributed by atoms with van der Waals surface area (Å²) in [6.45, 7) is 3.25. The molecule has 1 aliphatic heterocycles. The zero-order valence-corrected chi connectivity index (χ0v) is 14.3. The van der Waals surface area contributed by atoms with Gasteiger partial charge < -0.3 is 15.4 Å². The molecule has 0 saturated carbocycles. The number of nitrogens with one attached hydrogen (secondary N) is 2. The molecule has 0 radical (unpaired) electrons. The summed E-state index contributed by atoms with van der Waals surface area (Å²) in [5, 5.41) is 5.75. The van der Waals surface area contributed by atoms with Crippen LogP contribution in [0.25, 0.3) is 0 Å². The lowest BCUT2D eigenvalue weighted by atomic mass is 10.1. The van der Waals surface area contributed by atoms with Crippen LogP contribution in [-0.4, -0.2) is 32.1 Å². The highest BCUT2D eigenvalue weighted by Gasteiger charge is 2.21. The Labute approximate surface area is 146 Å². The summed E-state index contributed by atoms with van der Waals surface area (Å²) >= 11 is 0. The molecular weight excluding hydrogens is 318 g/mol. The minimum Gasteiger partial charge on any atom is -0.496 e. The second kappa shape index (κ2) is 7.25. The van der Waals surface area contributed by atoms with E-state index >= 15 is 0 Å². The molecule has 1 unspecified atom stereocenters. The van der Waals surface area contributed by atoms with Gasteiger partial charge in [-0.15, -0.1) is 0 Å². The standard InChI is InChI=1S/C19H21N3O3/c1-13(21-18(23)16-5-3-4-6-17(16)25-2)14-7-9-15(10-8-14)22-12-11-20-19(22)24/h3-10,13H,11-12H2,1-2H3,(H,20,24)(H,21,23). The van der Waals surface area contributed by atoms with E-state index in [4.69, 9.17) is 4.74 Å². The van der Waals surface area contributed by atoms with E-state index in [0.717, 1.165) is 11.3 Å². The smallest absolute Gasteiger partial charge is 0.321 e. The van der Waals surface area contributed by atoms with Gasteiger partial charge in [0.1, 0.15) is 5.75 Å². The molecule has 1 saturated heterocycles. The summed E-state index contributed by atoms with van der Waals surface area (Å²) in [6.07, 6.45) is 0. The van der Waals surface area contributed by atoms with E-state index in [1.54, 1.807) is 30.2 Å². The fourth-order valence-corrected chi connectivity index (χ4v) is 2.85. The predicted octanol–water partition coefficient (Wildman–Crippen LogP) is 2.72. The average Bonchev–Trinajstić information content (AvgIpc) is 3.07. The van der Waals surface area contributed by atoms with Crippen LogP contribution in [0.2, 0.25) is 0 Å². The van der Waals surface area contributed by atoms with Crippen molar-refractivity contribution in [2.45, 2.75) is 13.0 Å². The molecule has 0 aliphatic carbocycles. The van der Waals surface area contributed by atoms with Gasteiger partial charge in [-0.2, -0.15) is 0 Å². The molecule has 0 bridgehead atoms. The van der Waals surface area contributed by atoms with Crippen LogP contribution in [0.15, 0.2) is 48.5 Å². The van der Waals surface area contributed by atoms with Crippen molar-refractivity contribution in [2.24, 2.45) is 0 Å². The quantitative estimate of drug-likeness (QED) is 0.880. The first-order valence-corrected chi connectivity index (χ1v) is 8.19. The molecule has 1 heterocycles. The number of carbonyl (C=O) groups excluding carboxylic acids is 2. The van der Waals surface area contributed by atoms with Crippen LogP contribution in [-0.2, 0) is 0 Å². The predicted molar refractivity (Wildman–Crippen MR) is 96.1 cm³/mol. The Morgan fingerprint density at radius 2 is 1.92 bits per heavy atom. The third-order valence-corrected chi connectivity index (χ3v) is 4.26. The molecule has 1 fully saturated rings. The lowest BCUT2D eigenvalue weighted by Gasteiger charge is -2.18. The van der Waals surface area contributed by atoms with E-state index in [0.29, 0.717) is 24.4 Å². The van der Waals surface area contributed by atoms with Crippen LogP contribution in [0.3, 0.4) is 0 Å². The Kier molecular flexibility index (Phi) is 4.88. The van der Waals surface area contributed by atoms with Crippen molar-refractivity contribution < 1.29 is 14.3 Å². The molecular formula is C19H21N3O3. The maximum atomic E-state index is 12.5. The van der Waals surface area contributed by atoms with Crippen molar-refractivity contribution >= 4 is 17.6 Å². The third kappa shape index (κ3) is 3.57. The van der Waals surface area contributed by atoms with Crippen molar-refractivity contribution in [3.05, 3.63) is 59.7 Å². The number of urea groups is 1. The number of nitrogens with zero attached hydrogens (tertiary/aromatic N) is 1. The van der Waals surface area contributed by atoms with Gasteiger partial charge in [-0.3, -0.25) is 9.69 Å². The largest absolute Gasteiger partial charge is 0.496 e. The SMILES string of the molecule is COc1ccccc1C(=O)NC(C)c1ccc(N2CCNC2=O)cc1. The Hall–Kier alpha value is -3.02. The highest BCUT2D eigenvalue weighted by atomic mass is 16.5. The third-order valence-electron chi connectivity index (χ3n) is 4.26. The van der Waals surface area contributed by atoms with Crippen LogP contribution in [0, 0.1) is 0 Å². The number of ether oxygens (including phenoxy) is 1. The monoisotopic (exact) mass is 339 g/mol. The maximum Gasteiger partial charge on any atom is 0.321 e. The van der Waals surface area contributed by atoms with Gasteiger partial charge >= 0.3 is 6.03 Å². The molecule has 0 spiro atoms. The van der Waals surface area contributed by atoms with Crippen LogP contribution < -0.4 is 20.3 Å². The molecule has 2 aromatic carbocycles. The van der Waals surface area contributed by atoms with E-state index in [9.17, 15) is 9.59 Å². The van der Waals surface area contributed by atoms with Gasteiger partial charge in [0.2, 0.25) is 0 Å². The van der Waals surface area contributed by atoms with E-state index in [1.165, 1.54) is 0 Å². The molecule has 6 heteroatoms. The summed E-state index contributed by atoms with van der Waals surface area (Å²) in [5.41, 5.74) is 2.32. The van der Waals surface area contributed by atoms with E-state index in [1.807, 2.05) is 37.3 Å². The highest BCUT2D eigenvalue weighted by Crippen LogP contribution is 2.22. The fourth-order valence-electron chi connectivity index (χ4n) is 2.85. The zero-order valence-electron chi connectivity index (χ0n) is 14.3. The first-order chi connectivity index (χ1) is 12.1. The Balaban J connectivity index is 1.69. The van der Waals surface area contributed by atoms with Gasteiger partial charge in [0.05, 0.1) is 18.7 Å². The number of hydrogen-bond donors (Lipinski definition) is 2. The van der Waals surface area contributed by atoms with Crippen molar-refractivity contribution in [1.82, 2.24) is 10.6 Å². The fraction of sp³-hybridized carbons (Fsp3) is 0.263. The molecule has 130 valence electrons. The lowest BCUT2D eigenvalue weighted by Crippen LogP contribution is -2.28. The minimum absolute atomic E-state index is 0.0785. The normalized spacial score (nSPS) is 14.8. The van der Waals surface area contributed by atoms with Crippen LogP contribution >= 0.6 is 0 Å². The molecule has 2 aromatic rings. The molecule has 25 heavy (non-hydrogen) atoms. The minimum atomic E-state index is -0.187. The van der Waals surface area contributed by atoms with Crippen LogP contribution in [0.4, 0.5) is 10.5 Å². The number of amides is 3. The van der Waals surface area contributed by atoms with E-state index in [-0.39, 0.29) is 18.0 Å². The number of hydrogen-bond acceptors (Lipinski definition) is 3. The molecule has 3 rings (SSSR count). The Morgan fingerprint density at radius 1 is 1.20 bits per heavy atom. The Morgan fingerprint density at radius 3 is 2.56 bits per heavy atom. The first kappa shape index (κ1) is 16.8. The number of carbonyl (C=O) groups is 2. The Bertz CT molecular complexity index is 774. The van der Waals surface area contributed by atoms with Crippen LogP contribution in [0.5, 0.6) is 5.75 Å². The van der Waals surface area contributed by atoms with Crippen molar-refractivity contribution in [3.8, 4) is 5.75 Å². The van der Waals surface area contributed by atoms with Gasteiger partial charge in [-0.25, -0.2) is 4.79 Å². The topological polar surface area (TPSA) is 70.7 Å². The van der Waals surface area contributed by atoms with E-state index in [2.05, 4.69) is 10.6 Å². The van der Waals surface area contributed by atoms with Gasteiger partial charge in [0.25, 0.3) is 5.91 Å². The number of anilines is 1. The maximum absolute atomic E-state index is 12.5. The summed E-state index contributed by atoms with van der Waals surface area (Å²) in [6, 6.07) is 14.5. The first-order valence-electron chi connectivity index (χ1n) is 8.19. The van der Waals surface area contributed by atoms with E-state index < -0.39 is 0 Å². The number of benzene rings is 2. The average molecular weight is 339 g/mol. The highest BCUT2D eigenvalue weighted by molar-refractivity contribution is 5.97. The summed E-state index contributed by atoms with van der Waals surface area (Å²) in [7, 11) is 1.54. The molecule has 1 atom stereocenters. The lowest BCUT2D eigenvalue weighted by molar-refractivity contribution is 0.0937. The van der Waals surface area contributed by atoms with Gasteiger partial charge in [-0.1, -0.05) is 24.3 Å². The second-order valence-corrected chi connectivity index (χ2v) is 5.87. The second-order valence-electron chi connectivity index (χ2n) is 5.87. The number of rotatable bonds is 5. The molecule has 3 amide bonds. The van der Waals surface area contributed by atoms with Crippen molar-refractivity contribution in [1.29, 1.82) is 0 Å². The molecule has 1 aliphatic rings. The molecule has 6 nitrogen and oxygen atoms in total. The summed E-state index contributed by atoms with van der Waals surface area (Å²) < 4.78 is 5.23. The van der Waals surface area contributed by atoms with Crippen molar-refractivity contribution in [3.63, 3.8) is 0 Å². The summed E-state index contributed by atoms with van der Waals surface area (Å²) in [4.78, 5) is 25.9. The van der Waals surface area contributed by atoms with Gasteiger partial charge in [0.15, 0.2) is 0 Å². The molecule has 0 aromatic heterocycles. The zero-order chi connectivity index (χ0) is 17.8. The number of para-hydroxylation sites is 1. The van der Waals surface area contributed by atoms with Crippen LogP contribution in [0.1, 0.15) is 28.9 Å². The number of methoxy groups -OCH3 is 1. The van der Waals surface area contributed by atoms with Gasteiger partial charge in [0, 0.05) is 18.8 Å².